The highest BCUT2D eigenvalue weighted by Crippen LogP contribution is 2.23. The molecule has 1 aromatic heterocycles. The summed E-state index contributed by atoms with van der Waals surface area (Å²) in [6, 6.07) is 9.34. The molecule has 2 heterocycles. The van der Waals surface area contributed by atoms with Gasteiger partial charge in [0.05, 0.1) is 12.3 Å². The van der Waals surface area contributed by atoms with Gasteiger partial charge in [-0.1, -0.05) is 30.0 Å². The molecule has 0 radical (unpaired) electrons. The molecule has 0 unspecified atom stereocenters. The first-order valence-electron chi connectivity index (χ1n) is 6.23. The highest BCUT2D eigenvalue weighted by molar-refractivity contribution is 7.99. The molecule has 2 aromatic rings. The van der Waals surface area contributed by atoms with Crippen molar-refractivity contribution in [2.24, 2.45) is 0 Å². The van der Waals surface area contributed by atoms with Gasteiger partial charge in [0.1, 0.15) is 6.61 Å². The second kappa shape index (κ2) is 5.96. The molecule has 3 rings (SSSR count). The lowest BCUT2D eigenvalue weighted by Crippen LogP contribution is -2.32. The van der Waals surface area contributed by atoms with Gasteiger partial charge < -0.3 is 9.15 Å². The van der Waals surface area contributed by atoms with E-state index in [1.165, 1.54) is 0 Å². The van der Waals surface area contributed by atoms with E-state index in [2.05, 4.69) is 10.2 Å². The highest BCUT2D eigenvalue weighted by atomic mass is 32.2. The van der Waals surface area contributed by atoms with Crippen LogP contribution in [0.5, 0.6) is 0 Å². The SMILES string of the molecule is O=C(CSc1nnc(-c2ccccc2)o1)N1CCOC1=O. The number of imide groups is 1. The number of ether oxygens (including phenoxy) is 1. The number of cyclic esters (lactones) is 1. The van der Waals surface area contributed by atoms with Crippen LogP contribution in [0.25, 0.3) is 11.5 Å². The summed E-state index contributed by atoms with van der Waals surface area (Å²) in [4.78, 5) is 24.1. The number of nitrogens with zero attached hydrogens (tertiary/aromatic N) is 3. The number of thioether (sulfide) groups is 1. The molecule has 0 saturated carbocycles. The Labute approximate surface area is 124 Å². The van der Waals surface area contributed by atoms with Crippen LogP contribution in [0, 0.1) is 0 Å². The molecule has 8 heteroatoms. The van der Waals surface area contributed by atoms with Crippen molar-refractivity contribution in [3.63, 3.8) is 0 Å². The summed E-state index contributed by atoms with van der Waals surface area (Å²) in [6.07, 6.45) is -0.601. The van der Waals surface area contributed by atoms with Crippen molar-refractivity contribution in [2.75, 3.05) is 18.9 Å². The minimum absolute atomic E-state index is 0.0471. The average Bonchev–Trinajstić information content (AvgIpc) is 3.15. The van der Waals surface area contributed by atoms with Gasteiger partial charge >= 0.3 is 6.09 Å². The Morgan fingerprint density at radius 3 is 2.81 bits per heavy atom. The summed E-state index contributed by atoms with van der Waals surface area (Å²) >= 11 is 1.09. The zero-order chi connectivity index (χ0) is 14.7. The molecule has 0 aliphatic carbocycles. The smallest absolute Gasteiger partial charge is 0.416 e. The van der Waals surface area contributed by atoms with Gasteiger partial charge in [0, 0.05) is 5.56 Å². The van der Waals surface area contributed by atoms with Crippen LogP contribution in [0.15, 0.2) is 40.0 Å². The lowest BCUT2D eigenvalue weighted by atomic mass is 10.2. The first kappa shape index (κ1) is 13.6. The maximum Gasteiger partial charge on any atom is 0.416 e. The van der Waals surface area contributed by atoms with E-state index in [9.17, 15) is 9.59 Å². The quantitative estimate of drug-likeness (QED) is 0.796. The third kappa shape index (κ3) is 3.05. The molecule has 108 valence electrons. The van der Waals surface area contributed by atoms with Crippen LogP contribution in [0.2, 0.25) is 0 Å². The van der Waals surface area contributed by atoms with Gasteiger partial charge in [-0.3, -0.25) is 4.79 Å². The molecule has 1 aliphatic heterocycles. The topological polar surface area (TPSA) is 85.5 Å². The molecule has 1 saturated heterocycles. The molecule has 1 aromatic carbocycles. The Hall–Kier alpha value is -2.35. The van der Waals surface area contributed by atoms with Gasteiger partial charge in [-0.05, 0) is 12.1 Å². The van der Waals surface area contributed by atoms with Crippen LogP contribution in [0.1, 0.15) is 0 Å². The molecule has 1 aliphatic rings. The zero-order valence-corrected chi connectivity index (χ0v) is 11.7. The number of amides is 2. The fraction of sp³-hybridized carbons (Fsp3) is 0.231. The van der Waals surface area contributed by atoms with Crippen molar-refractivity contribution in [1.29, 1.82) is 0 Å². The predicted octanol–water partition coefficient (Wildman–Crippen LogP) is 1.81. The number of rotatable bonds is 4. The Morgan fingerprint density at radius 2 is 2.10 bits per heavy atom. The van der Waals surface area contributed by atoms with Crippen LogP contribution in [-0.4, -0.2) is 46.0 Å². The van der Waals surface area contributed by atoms with E-state index in [4.69, 9.17) is 9.15 Å². The summed E-state index contributed by atoms with van der Waals surface area (Å²) in [6.45, 7) is 0.533. The molecule has 0 N–H and O–H groups in total. The van der Waals surface area contributed by atoms with Gasteiger partial charge in [-0.15, -0.1) is 10.2 Å². The Bertz CT molecular complexity index is 658. The van der Waals surface area contributed by atoms with E-state index >= 15 is 0 Å². The van der Waals surface area contributed by atoms with Gasteiger partial charge in [0.25, 0.3) is 5.22 Å². The fourth-order valence-corrected chi connectivity index (χ4v) is 2.43. The lowest BCUT2D eigenvalue weighted by Gasteiger charge is -2.08. The second-order valence-electron chi connectivity index (χ2n) is 4.19. The minimum Gasteiger partial charge on any atom is -0.447 e. The molecule has 7 nitrogen and oxygen atoms in total. The number of aromatic nitrogens is 2. The van der Waals surface area contributed by atoms with E-state index < -0.39 is 6.09 Å². The van der Waals surface area contributed by atoms with Crippen LogP contribution in [0.3, 0.4) is 0 Å². The number of carbonyl (C=O) groups is 2. The van der Waals surface area contributed by atoms with Crippen molar-refractivity contribution in [3.8, 4) is 11.5 Å². The third-order valence-electron chi connectivity index (χ3n) is 2.81. The Balaban J connectivity index is 1.60. The molecule has 0 spiro atoms. The summed E-state index contributed by atoms with van der Waals surface area (Å²) < 4.78 is 10.2. The number of benzene rings is 1. The first-order chi connectivity index (χ1) is 10.2. The summed E-state index contributed by atoms with van der Waals surface area (Å²) in [5.74, 6) is 0.110. The molecule has 0 atom stereocenters. The third-order valence-corrected chi connectivity index (χ3v) is 3.61. The first-order valence-corrected chi connectivity index (χ1v) is 7.21. The molecular weight excluding hydrogens is 294 g/mol. The van der Waals surface area contributed by atoms with Crippen LogP contribution < -0.4 is 0 Å². The molecule has 2 amide bonds. The monoisotopic (exact) mass is 305 g/mol. The van der Waals surface area contributed by atoms with E-state index in [1.807, 2.05) is 30.3 Å². The summed E-state index contributed by atoms with van der Waals surface area (Å²) in [7, 11) is 0. The second-order valence-corrected chi connectivity index (χ2v) is 5.11. The molecule has 21 heavy (non-hydrogen) atoms. The summed E-state index contributed by atoms with van der Waals surface area (Å²) in [5, 5.41) is 8.08. The number of carbonyl (C=O) groups excluding carboxylic acids is 2. The lowest BCUT2D eigenvalue weighted by molar-refractivity contribution is -0.125. The minimum atomic E-state index is -0.601. The van der Waals surface area contributed by atoms with E-state index in [0.29, 0.717) is 5.89 Å². The van der Waals surface area contributed by atoms with Crippen LogP contribution in [-0.2, 0) is 9.53 Å². The van der Waals surface area contributed by atoms with E-state index in [1.54, 1.807) is 0 Å². The number of hydrogen-bond acceptors (Lipinski definition) is 7. The van der Waals surface area contributed by atoms with Gasteiger partial charge in [-0.25, -0.2) is 9.69 Å². The fourth-order valence-electron chi connectivity index (χ4n) is 1.79. The van der Waals surface area contributed by atoms with Gasteiger partial charge in [-0.2, -0.15) is 0 Å². The maximum absolute atomic E-state index is 11.8. The van der Waals surface area contributed by atoms with Crippen molar-refractivity contribution in [1.82, 2.24) is 15.1 Å². The predicted molar refractivity (Wildman–Crippen MR) is 73.5 cm³/mol. The van der Waals surface area contributed by atoms with E-state index in [-0.39, 0.29) is 30.0 Å². The van der Waals surface area contributed by atoms with Crippen LogP contribution in [0.4, 0.5) is 4.79 Å². The Kier molecular flexibility index (Phi) is 3.87. The van der Waals surface area contributed by atoms with Gasteiger partial charge in [0.15, 0.2) is 0 Å². The largest absolute Gasteiger partial charge is 0.447 e. The molecule has 1 fully saturated rings. The Morgan fingerprint density at radius 1 is 1.29 bits per heavy atom. The maximum atomic E-state index is 11.8. The summed E-state index contributed by atoms with van der Waals surface area (Å²) in [5.41, 5.74) is 0.811. The molecular formula is C13H11N3O4S. The average molecular weight is 305 g/mol. The number of hydrogen-bond donors (Lipinski definition) is 0. The highest BCUT2D eigenvalue weighted by Gasteiger charge is 2.28. The van der Waals surface area contributed by atoms with Crippen molar-refractivity contribution >= 4 is 23.8 Å². The standard InChI is InChI=1S/C13H11N3O4S/c17-10(16-6-7-19-13(16)18)8-21-12-15-14-11(20-12)9-4-2-1-3-5-9/h1-5H,6-8H2. The van der Waals surface area contributed by atoms with E-state index in [0.717, 1.165) is 22.2 Å². The normalized spacial score (nSPS) is 14.3. The van der Waals surface area contributed by atoms with Crippen molar-refractivity contribution in [3.05, 3.63) is 30.3 Å². The van der Waals surface area contributed by atoms with Crippen molar-refractivity contribution in [2.45, 2.75) is 5.22 Å². The van der Waals surface area contributed by atoms with Gasteiger partial charge in [0.2, 0.25) is 11.8 Å². The zero-order valence-electron chi connectivity index (χ0n) is 10.9. The molecule has 0 bridgehead atoms. The van der Waals surface area contributed by atoms with Crippen molar-refractivity contribution < 1.29 is 18.7 Å². The van der Waals surface area contributed by atoms with Crippen LogP contribution >= 0.6 is 11.8 Å².